The van der Waals surface area contributed by atoms with Gasteiger partial charge >= 0.3 is 5.97 Å². The molecule has 0 aliphatic carbocycles. The minimum absolute atomic E-state index is 0.0756. The third-order valence-corrected chi connectivity index (χ3v) is 4.14. The monoisotopic (exact) mass is 267 g/mol. The quantitative estimate of drug-likeness (QED) is 0.895. The Hall–Kier alpha value is -1.36. The number of aliphatic carboxylic acids is 1. The lowest BCUT2D eigenvalue weighted by Gasteiger charge is -2.37. The Bertz CT molecular complexity index is 461. The van der Waals surface area contributed by atoms with E-state index in [9.17, 15) is 14.7 Å². The maximum absolute atomic E-state index is 12.1. The third-order valence-electron chi connectivity index (χ3n) is 3.20. The number of carboxylic acids is 1. The average Bonchev–Trinajstić information content (AvgIpc) is 2.81. The van der Waals surface area contributed by atoms with Crippen LogP contribution in [0.15, 0.2) is 17.5 Å². The summed E-state index contributed by atoms with van der Waals surface area (Å²) in [5, 5.41) is 11.2. The Kier molecular flexibility index (Phi) is 3.19. The van der Waals surface area contributed by atoms with Gasteiger partial charge in [-0.15, -0.1) is 11.3 Å². The second-order valence-corrected chi connectivity index (χ2v) is 6.52. The van der Waals surface area contributed by atoms with Gasteiger partial charge in [-0.2, -0.15) is 0 Å². The van der Waals surface area contributed by atoms with Crippen molar-refractivity contribution in [3.63, 3.8) is 0 Å². The zero-order chi connectivity index (χ0) is 13.5. The van der Waals surface area contributed by atoms with Crippen LogP contribution in [-0.4, -0.2) is 27.4 Å². The minimum atomic E-state index is -0.895. The molecule has 18 heavy (non-hydrogen) atoms. The predicted molar refractivity (Wildman–Crippen MR) is 69.4 cm³/mol. The summed E-state index contributed by atoms with van der Waals surface area (Å²) in [5.74, 6) is -1.61. The Labute approximate surface area is 110 Å². The van der Waals surface area contributed by atoms with Gasteiger partial charge in [-0.3, -0.25) is 9.59 Å². The molecule has 98 valence electrons. The van der Waals surface area contributed by atoms with Crippen LogP contribution in [0, 0.1) is 5.92 Å². The number of amides is 1. The van der Waals surface area contributed by atoms with Gasteiger partial charge in [-0.25, -0.2) is 0 Å². The SMILES string of the molecule is CC(C)(C)N1C(=O)CC(C(=O)O)C1c1cccs1. The molecule has 0 radical (unpaired) electrons. The van der Waals surface area contributed by atoms with Crippen molar-refractivity contribution >= 4 is 23.2 Å². The number of hydrogen-bond donors (Lipinski definition) is 1. The summed E-state index contributed by atoms with van der Waals surface area (Å²) in [6.45, 7) is 5.82. The second-order valence-electron chi connectivity index (χ2n) is 5.54. The third kappa shape index (κ3) is 2.14. The molecule has 5 heteroatoms. The first-order chi connectivity index (χ1) is 8.32. The lowest BCUT2D eigenvalue weighted by molar-refractivity contribution is -0.142. The number of rotatable bonds is 2. The molecule has 1 N–H and O–H groups in total. The Balaban J connectivity index is 2.45. The van der Waals surface area contributed by atoms with Gasteiger partial charge in [0.25, 0.3) is 0 Å². The number of likely N-dealkylation sites (tertiary alicyclic amines) is 1. The molecule has 4 nitrogen and oxygen atoms in total. The van der Waals surface area contributed by atoms with Crippen LogP contribution >= 0.6 is 11.3 Å². The maximum Gasteiger partial charge on any atom is 0.309 e. The molecule has 2 heterocycles. The van der Waals surface area contributed by atoms with E-state index in [1.807, 2.05) is 38.3 Å². The lowest BCUT2D eigenvalue weighted by Crippen LogP contribution is -2.44. The van der Waals surface area contributed by atoms with E-state index in [-0.39, 0.29) is 23.9 Å². The van der Waals surface area contributed by atoms with Crippen molar-refractivity contribution in [3.8, 4) is 0 Å². The van der Waals surface area contributed by atoms with Gasteiger partial charge in [0, 0.05) is 16.8 Å². The molecule has 0 aromatic carbocycles. The molecule has 0 saturated carbocycles. The summed E-state index contributed by atoms with van der Waals surface area (Å²) in [7, 11) is 0. The van der Waals surface area contributed by atoms with Crippen molar-refractivity contribution in [1.29, 1.82) is 0 Å². The van der Waals surface area contributed by atoms with Crippen LogP contribution in [0.5, 0.6) is 0 Å². The molecule has 1 aromatic heterocycles. The van der Waals surface area contributed by atoms with Gasteiger partial charge in [-0.05, 0) is 32.2 Å². The predicted octanol–water partition coefficient (Wildman–Crippen LogP) is 2.52. The summed E-state index contributed by atoms with van der Waals surface area (Å²) in [4.78, 5) is 26.1. The molecule has 1 saturated heterocycles. The van der Waals surface area contributed by atoms with Gasteiger partial charge in [0.2, 0.25) is 5.91 Å². The average molecular weight is 267 g/mol. The van der Waals surface area contributed by atoms with Gasteiger partial charge in [0.15, 0.2) is 0 Å². The zero-order valence-corrected chi connectivity index (χ0v) is 11.5. The lowest BCUT2D eigenvalue weighted by atomic mass is 9.96. The largest absolute Gasteiger partial charge is 0.481 e. The highest BCUT2D eigenvalue weighted by Gasteiger charge is 2.48. The molecule has 1 amide bonds. The van der Waals surface area contributed by atoms with Crippen molar-refractivity contribution < 1.29 is 14.7 Å². The van der Waals surface area contributed by atoms with Crippen molar-refractivity contribution in [2.45, 2.75) is 38.8 Å². The molecule has 1 aliphatic heterocycles. The molecular weight excluding hydrogens is 250 g/mol. The van der Waals surface area contributed by atoms with Crippen molar-refractivity contribution in [1.82, 2.24) is 4.90 Å². The standard InChI is InChI=1S/C13H17NO3S/c1-13(2,3)14-10(15)7-8(12(16)17)11(14)9-5-4-6-18-9/h4-6,8,11H,7H2,1-3H3,(H,16,17). The van der Waals surface area contributed by atoms with Crippen LogP contribution in [0.3, 0.4) is 0 Å². The van der Waals surface area contributed by atoms with Crippen LogP contribution in [0.1, 0.15) is 38.1 Å². The molecule has 0 spiro atoms. The first kappa shape index (κ1) is 13.1. The van der Waals surface area contributed by atoms with Gasteiger partial charge in [0.05, 0.1) is 12.0 Å². The highest BCUT2D eigenvalue weighted by atomic mass is 32.1. The Morgan fingerprint density at radius 3 is 2.61 bits per heavy atom. The highest BCUT2D eigenvalue weighted by Crippen LogP contribution is 2.43. The minimum Gasteiger partial charge on any atom is -0.481 e. The Morgan fingerprint density at radius 2 is 2.17 bits per heavy atom. The molecule has 1 aliphatic rings. The summed E-state index contributed by atoms with van der Waals surface area (Å²) in [5.41, 5.74) is -0.365. The summed E-state index contributed by atoms with van der Waals surface area (Å²) >= 11 is 1.51. The number of nitrogens with zero attached hydrogens (tertiary/aromatic N) is 1. The van der Waals surface area contributed by atoms with Crippen molar-refractivity contribution in [3.05, 3.63) is 22.4 Å². The number of carbonyl (C=O) groups is 2. The Morgan fingerprint density at radius 1 is 1.50 bits per heavy atom. The molecule has 1 aromatic rings. The normalized spacial score (nSPS) is 24.6. The van der Waals surface area contributed by atoms with E-state index < -0.39 is 11.9 Å². The van der Waals surface area contributed by atoms with E-state index in [2.05, 4.69) is 0 Å². The number of thiophene rings is 1. The van der Waals surface area contributed by atoms with E-state index in [4.69, 9.17) is 0 Å². The van der Waals surface area contributed by atoms with E-state index >= 15 is 0 Å². The summed E-state index contributed by atoms with van der Waals surface area (Å²) in [6, 6.07) is 3.46. The maximum atomic E-state index is 12.1. The molecular formula is C13H17NO3S. The smallest absolute Gasteiger partial charge is 0.309 e. The van der Waals surface area contributed by atoms with Gasteiger partial charge in [-0.1, -0.05) is 6.07 Å². The van der Waals surface area contributed by atoms with Crippen LogP contribution in [0.4, 0.5) is 0 Å². The highest BCUT2D eigenvalue weighted by molar-refractivity contribution is 7.10. The molecule has 2 rings (SSSR count). The van der Waals surface area contributed by atoms with E-state index in [1.54, 1.807) is 4.90 Å². The van der Waals surface area contributed by atoms with Crippen LogP contribution in [0.25, 0.3) is 0 Å². The first-order valence-corrected chi connectivity index (χ1v) is 6.78. The fourth-order valence-electron chi connectivity index (χ4n) is 2.53. The second kappa shape index (κ2) is 4.39. The van der Waals surface area contributed by atoms with E-state index in [0.29, 0.717) is 0 Å². The van der Waals surface area contributed by atoms with Gasteiger partial charge in [0.1, 0.15) is 0 Å². The fourth-order valence-corrected chi connectivity index (χ4v) is 3.41. The summed E-state index contributed by atoms with van der Waals surface area (Å²) < 4.78 is 0. The number of hydrogen-bond acceptors (Lipinski definition) is 3. The fraction of sp³-hybridized carbons (Fsp3) is 0.538. The first-order valence-electron chi connectivity index (χ1n) is 5.90. The van der Waals surface area contributed by atoms with E-state index in [1.165, 1.54) is 11.3 Å². The zero-order valence-electron chi connectivity index (χ0n) is 10.7. The van der Waals surface area contributed by atoms with Gasteiger partial charge < -0.3 is 10.0 Å². The van der Waals surface area contributed by atoms with Crippen molar-refractivity contribution in [2.24, 2.45) is 5.92 Å². The van der Waals surface area contributed by atoms with Crippen molar-refractivity contribution in [2.75, 3.05) is 0 Å². The molecule has 0 bridgehead atoms. The topological polar surface area (TPSA) is 57.6 Å². The molecule has 2 atom stereocenters. The molecule has 1 fully saturated rings. The number of carbonyl (C=O) groups excluding carboxylic acids is 1. The van der Waals surface area contributed by atoms with E-state index in [0.717, 1.165) is 4.88 Å². The van der Waals surface area contributed by atoms with Crippen LogP contribution in [0.2, 0.25) is 0 Å². The molecule has 2 unspecified atom stereocenters. The number of carboxylic acid groups (broad SMARTS) is 1. The van der Waals surface area contributed by atoms with Crippen LogP contribution in [-0.2, 0) is 9.59 Å². The van der Waals surface area contributed by atoms with Crippen LogP contribution < -0.4 is 0 Å². The summed E-state index contributed by atoms with van der Waals surface area (Å²) in [6.07, 6.45) is 0.0924.